The number of aromatic nitrogens is 2. The van der Waals surface area contributed by atoms with Crippen molar-refractivity contribution in [1.82, 2.24) is 30.6 Å². The number of methoxy groups -OCH3 is 2. The van der Waals surface area contributed by atoms with E-state index >= 15 is 0 Å². The highest BCUT2D eigenvalue weighted by Crippen LogP contribution is 2.41. The molecule has 2 aromatic carbocycles. The first-order valence-corrected chi connectivity index (χ1v) is 22.3. The number of hydrogen-bond donors (Lipinski definition) is 5. The molecule has 3 heterocycles. The average Bonchev–Trinajstić information content (AvgIpc) is 3.56. The third-order valence-electron chi connectivity index (χ3n) is 10.5. The Kier molecular flexibility index (Phi) is 24.8. The van der Waals surface area contributed by atoms with Gasteiger partial charge in [0.05, 0.1) is 30.6 Å². The molecule has 5 rings (SSSR count). The second-order valence-electron chi connectivity index (χ2n) is 16.4. The van der Waals surface area contributed by atoms with Crippen molar-refractivity contribution in [1.29, 1.82) is 0 Å². The number of anilines is 1. The average molecular weight is 888 g/mol. The van der Waals surface area contributed by atoms with Gasteiger partial charge in [-0.1, -0.05) is 52.5 Å². The van der Waals surface area contributed by atoms with Crippen LogP contribution < -0.4 is 20.8 Å². The number of nitrogens with zero attached hydrogens (tertiary/aromatic N) is 3. The fourth-order valence-electron chi connectivity index (χ4n) is 7.90. The summed E-state index contributed by atoms with van der Waals surface area (Å²) in [6.07, 6.45) is 8.85. The highest BCUT2D eigenvalue weighted by molar-refractivity contribution is 8.03. The van der Waals surface area contributed by atoms with Gasteiger partial charge in [-0.2, -0.15) is 0 Å². The van der Waals surface area contributed by atoms with Gasteiger partial charge in [0.25, 0.3) is 6.47 Å². The topological polar surface area (TPSA) is 159 Å². The van der Waals surface area contributed by atoms with Crippen molar-refractivity contribution in [3.8, 4) is 22.4 Å². The van der Waals surface area contributed by atoms with Crippen molar-refractivity contribution in [2.45, 2.75) is 92.5 Å². The molecule has 346 valence electrons. The normalized spacial score (nSPS) is 13.8. The van der Waals surface area contributed by atoms with Crippen molar-refractivity contribution in [2.75, 3.05) is 52.7 Å². The molecule has 0 bridgehead atoms. The maximum Gasteiger partial charge on any atom is 0.290 e. The number of nitrogens with one attached hydrogen (secondary N) is 4. The molecule has 2 atom stereocenters. The third-order valence-corrected chi connectivity index (χ3v) is 11.2. The Bertz CT molecular complexity index is 2030. The molecule has 0 spiro atoms. The first kappa shape index (κ1) is 54.3. The summed E-state index contributed by atoms with van der Waals surface area (Å²) in [5.74, 6) is 0.331. The number of hydrogen-bond acceptors (Lipinski definition) is 12. The van der Waals surface area contributed by atoms with Crippen LogP contribution in [0.4, 0.5) is 5.69 Å². The van der Waals surface area contributed by atoms with Gasteiger partial charge in [0.1, 0.15) is 13.1 Å². The standard InChI is InChI=1S/C42H57N5O3S.C5H12N2.CH2O2.CH2O/c1-11-18-51-46-33-20-30(21-34(25-48)45-29(5)40(43-8)28(3)4)19-32(22-33)31-15-16-39-36(23-31)37(24-42(6,7)27-50-10)41(47(39)12-2)35-14-13-17-44-38(35)26-49-9;1-7-5-3-2-4-6-7;2-1-3;1-2/h11,13-20,22-23,25,28,34,40,43,45-46H,5,12,21,24,26-27H2,1-4,6-10H3;6H,2-5H2,1H3;1H,(H,2,3);1H2/b18-11+;;;/t34?,40-;;;/m0.../s1. The molecular weight excluding hydrogens is 815 g/mol. The van der Waals surface area contributed by atoms with Gasteiger partial charge >= 0.3 is 0 Å². The molecule has 14 heteroatoms. The molecule has 2 aromatic heterocycles. The second-order valence-corrected chi connectivity index (χ2v) is 17.1. The molecule has 1 aliphatic heterocycles. The van der Waals surface area contributed by atoms with Crippen molar-refractivity contribution < 1.29 is 29.0 Å². The number of aldehydes is 1. The smallest absolute Gasteiger partial charge is 0.290 e. The minimum Gasteiger partial charge on any atom is -0.483 e. The number of carboxylic acid groups (broad SMARTS) is 1. The van der Waals surface area contributed by atoms with Gasteiger partial charge in [0, 0.05) is 81.0 Å². The molecule has 1 fully saturated rings. The van der Waals surface area contributed by atoms with Crippen molar-refractivity contribution in [3.05, 3.63) is 95.3 Å². The van der Waals surface area contributed by atoms with Crippen molar-refractivity contribution in [2.24, 2.45) is 11.3 Å². The van der Waals surface area contributed by atoms with E-state index in [0.717, 1.165) is 65.1 Å². The van der Waals surface area contributed by atoms with Crippen molar-refractivity contribution in [3.63, 3.8) is 0 Å². The number of benzene rings is 2. The molecule has 13 nitrogen and oxygen atoms in total. The van der Waals surface area contributed by atoms with E-state index in [0.29, 0.717) is 25.6 Å². The van der Waals surface area contributed by atoms with E-state index in [9.17, 15) is 4.79 Å². The highest BCUT2D eigenvalue weighted by Gasteiger charge is 2.27. The molecule has 5 N–H and O–H groups in total. The molecule has 1 aliphatic rings. The van der Waals surface area contributed by atoms with Gasteiger partial charge in [0.2, 0.25) is 0 Å². The number of rotatable bonds is 20. The van der Waals surface area contributed by atoms with Gasteiger partial charge in [-0.3, -0.25) is 15.2 Å². The van der Waals surface area contributed by atoms with Crippen LogP contribution in [-0.2, 0) is 49.9 Å². The lowest BCUT2D eigenvalue weighted by atomic mass is 9.84. The van der Waals surface area contributed by atoms with E-state index in [2.05, 4.69) is 121 Å². The highest BCUT2D eigenvalue weighted by atomic mass is 32.2. The van der Waals surface area contributed by atoms with Gasteiger partial charge in [-0.15, -0.1) is 0 Å². The summed E-state index contributed by atoms with van der Waals surface area (Å²) < 4.78 is 17.2. The molecule has 0 aliphatic carbocycles. The Morgan fingerprint density at radius 3 is 2.37 bits per heavy atom. The zero-order chi connectivity index (χ0) is 47.0. The van der Waals surface area contributed by atoms with Crippen LogP contribution in [0.3, 0.4) is 0 Å². The van der Waals surface area contributed by atoms with Crippen molar-refractivity contribution >= 4 is 48.1 Å². The second kappa shape index (κ2) is 28.8. The molecule has 63 heavy (non-hydrogen) atoms. The van der Waals surface area contributed by atoms with E-state index in [1.165, 1.54) is 53.5 Å². The quantitative estimate of drug-likeness (QED) is 0.0425. The summed E-state index contributed by atoms with van der Waals surface area (Å²) in [5, 5.41) is 19.0. The van der Waals surface area contributed by atoms with Gasteiger partial charge in [-0.25, -0.2) is 5.01 Å². The van der Waals surface area contributed by atoms with Gasteiger partial charge in [0.15, 0.2) is 0 Å². The number of carbonyl (C=O) groups is 3. The first-order chi connectivity index (χ1) is 30.3. The lowest BCUT2D eigenvalue weighted by molar-refractivity contribution is -0.122. The lowest BCUT2D eigenvalue weighted by Gasteiger charge is -2.26. The number of likely N-dealkylation sites (N-methyl/N-ethyl adjacent to an activating group) is 1. The molecular formula is C49H73N7O6S. The molecule has 0 amide bonds. The van der Waals surface area contributed by atoms with Crippen LogP contribution in [-0.4, -0.2) is 99.3 Å². The number of aryl methyl sites for hydroxylation is 1. The van der Waals surface area contributed by atoms with E-state index in [-0.39, 0.29) is 17.9 Å². The third kappa shape index (κ3) is 16.7. The number of ether oxygens (including phenoxy) is 2. The van der Waals surface area contributed by atoms with Crippen LogP contribution in [0.5, 0.6) is 0 Å². The lowest BCUT2D eigenvalue weighted by Crippen LogP contribution is -2.42. The Morgan fingerprint density at radius 2 is 1.81 bits per heavy atom. The SMILES string of the molecule is C=C(NC(C=O)Cc1cc(NS/C=C/C)cc(-c2ccc3c(c2)c(CC(C)(C)COC)c(-c2cccnc2COC)n3CC)c1)[C@@H](NC)C(C)C.C=O.CN1CCCCN1.O=CO. The number of pyridine rings is 1. The van der Waals surface area contributed by atoms with Crippen LogP contribution >= 0.6 is 11.9 Å². The Hall–Kier alpha value is -4.83. The molecule has 1 unspecified atom stereocenters. The van der Waals surface area contributed by atoms with E-state index in [1.54, 1.807) is 14.2 Å². The van der Waals surface area contributed by atoms with Gasteiger partial charge in [-0.05, 0) is 134 Å². The van der Waals surface area contributed by atoms with Crippen LogP contribution in [0.2, 0.25) is 0 Å². The maximum atomic E-state index is 12.4. The summed E-state index contributed by atoms with van der Waals surface area (Å²) in [7, 11) is 7.49. The van der Waals surface area contributed by atoms with Gasteiger partial charge < -0.3 is 44.1 Å². The Labute approximate surface area is 380 Å². The predicted molar refractivity (Wildman–Crippen MR) is 262 cm³/mol. The summed E-state index contributed by atoms with van der Waals surface area (Å²) in [6, 6.07) is 17.1. The Balaban J connectivity index is 0.000000997. The Morgan fingerprint density at radius 1 is 1.08 bits per heavy atom. The minimum absolute atomic E-state index is 0.0561. The molecule has 0 saturated carbocycles. The minimum atomic E-state index is -0.419. The summed E-state index contributed by atoms with van der Waals surface area (Å²) in [5.41, 5.74) is 13.7. The van der Waals surface area contributed by atoms with Crippen LogP contribution in [0, 0.1) is 11.3 Å². The maximum absolute atomic E-state index is 12.4. The van der Waals surface area contributed by atoms with Crippen LogP contribution in [0.1, 0.15) is 71.2 Å². The number of hydrazine groups is 1. The van der Waals surface area contributed by atoms with E-state index < -0.39 is 6.04 Å². The number of fused-ring (bicyclic) bond motifs is 1. The summed E-state index contributed by atoms with van der Waals surface area (Å²) >= 11 is 1.52. The predicted octanol–water partition coefficient (Wildman–Crippen LogP) is 8.54. The fraction of sp³-hybridized carbons (Fsp3) is 0.469. The fourth-order valence-corrected chi connectivity index (χ4v) is 8.36. The zero-order valence-corrected chi connectivity index (χ0v) is 40.1. The monoisotopic (exact) mass is 888 g/mol. The largest absolute Gasteiger partial charge is 0.483 e. The molecule has 1 saturated heterocycles. The molecule has 4 aromatic rings. The zero-order valence-electron chi connectivity index (χ0n) is 39.3. The number of carbonyl (C=O) groups excluding carboxylic acids is 2. The van der Waals surface area contributed by atoms with E-state index in [1.807, 2.05) is 44.5 Å². The van der Waals surface area contributed by atoms with Crippen LogP contribution in [0.15, 0.2) is 78.5 Å². The van der Waals surface area contributed by atoms with Crippen LogP contribution in [0.25, 0.3) is 33.3 Å². The number of allylic oxidation sites excluding steroid dienone is 1. The summed E-state index contributed by atoms with van der Waals surface area (Å²) in [4.78, 5) is 33.5. The summed E-state index contributed by atoms with van der Waals surface area (Å²) in [6.45, 7) is 23.2. The van der Waals surface area contributed by atoms with E-state index in [4.69, 9.17) is 29.2 Å². The molecule has 0 radical (unpaired) electrons. The first-order valence-electron chi connectivity index (χ1n) is 21.4.